The molecule has 118 valence electrons. The number of hydrogen-bond acceptors (Lipinski definition) is 4. The highest BCUT2D eigenvalue weighted by Gasteiger charge is 2.27. The van der Waals surface area contributed by atoms with Crippen molar-refractivity contribution in [3.8, 4) is 0 Å². The lowest BCUT2D eigenvalue weighted by molar-refractivity contribution is -0.0327. The van der Waals surface area contributed by atoms with Gasteiger partial charge in [0.25, 0.3) is 0 Å². The first-order valence-corrected chi connectivity index (χ1v) is 7.51. The number of rotatable bonds is 5. The number of amides is 2. The highest BCUT2D eigenvalue weighted by Crippen LogP contribution is 2.32. The van der Waals surface area contributed by atoms with E-state index < -0.39 is 17.5 Å². The van der Waals surface area contributed by atoms with Crippen LogP contribution in [0.15, 0.2) is 0 Å². The summed E-state index contributed by atoms with van der Waals surface area (Å²) in [6.45, 7) is 3.16. The predicted molar refractivity (Wildman–Crippen MR) is 76.3 cm³/mol. The van der Waals surface area contributed by atoms with Gasteiger partial charge < -0.3 is 10.4 Å². The molecule has 0 aliphatic rings. The van der Waals surface area contributed by atoms with Gasteiger partial charge in [-0.05, 0) is 31.2 Å². The minimum absolute atomic E-state index is 0.00248. The molecule has 21 heavy (non-hydrogen) atoms. The SMILES string of the molecule is Cc1sc(NC(=O)NCCSC(F)(F)F)c(C(=O)O)c1C. The zero-order valence-corrected chi connectivity index (χ0v) is 12.8. The molecule has 3 N–H and O–H groups in total. The van der Waals surface area contributed by atoms with E-state index in [0.29, 0.717) is 5.56 Å². The Labute approximate surface area is 126 Å². The second-order valence-corrected chi connectivity index (χ2v) is 6.35. The van der Waals surface area contributed by atoms with Gasteiger partial charge in [-0.1, -0.05) is 0 Å². The van der Waals surface area contributed by atoms with E-state index in [4.69, 9.17) is 5.11 Å². The molecular weight excluding hydrogens is 329 g/mol. The van der Waals surface area contributed by atoms with Gasteiger partial charge in [-0.2, -0.15) is 13.2 Å². The summed E-state index contributed by atoms with van der Waals surface area (Å²) in [6, 6.07) is -0.735. The molecule has 1 rings (SSSR count). The van der Waals surface area contributed by atoms with Crippen LogP contribution < -0.4 is 10.6 Å². The Morgan fingerprint density at radius 2 is 1.95 bits per heavy atom. The molecule has 0 aromatic carbocycles. The summed E-state index contributed by atoms with van der Waals surface area (Å²) < 4.78 is 35.7. The summed E-state index contributed by atoms with van der Waals surface area (Å²) in [6.07, 6.45) is 0. The zero-order chi connectivity index (χ0) is 16.2. The normalized spacial score (nSPS) is 11.3. The second kappa shape index (κ2) is 7.03. The lowest BCUT2D eigenvalue weighted by Crippen LogP contribution is -2.31. The van der Waals surface area contributed by atoms with Gasteiger partial charge in [0.05, 0.1) is 5.56 Å². The van der Waals surface area contributed by atoms with Crippen molar-refractivity contribution in [2.75, 3.05) is 17.6 Å². The molecule has 0 radical (unpaired) electrons. The Morgan fingerprint density at radius 1 is 1.33 bits per heavy atom. The van der Waals surface area contributed by atoms with Crippen LogP contribution in [0.25, 0.3) is 0 Å². The molecule has 0 unspecified atom stereocenters. The predicted octanol–water partition coefficient (Wildman–Crippen LogP) is 3.44. The van der Waals surface area contributed by atoms with Crippen molar-refractivity contribution in [3.05, 3.63) is 16.0 Å². The standard InChI is InChI=1S/C11H13F3N2O3S2/c1-5-6(2)21-8(7(5)9(17)18)16-10(19)15-3-4-20-11(12,13)14/h3-4H2,1-2H3,(H,17,18)(H2,15,16,19). The molecular formula is C11H13F3N2O3S2. The van der Waals surface area contributed by atoms with Crippen LogP contribution in [0.1, 0.15) is 20.8 Å². The van der Waals surface area contributed by atoms with Crippen LogP contribution in [-0.4, -0.2) is 34.9 Å². The van der Waals surface area contributed by atoms with E-state index in [2.05, 4.69) is 10.6 Å². The number of thioether (sulfide) groups is 1. The number of urea groups is 1. The summed E-state index contributed by atoms with van der Waals surface area (Å²) in [5.74, 6) is -1.48. The Bertz CT molecular complexity index is 544. The highest BCUT2D eigenvalue weighted by molar-refractivity contribution is 8.00. The van der Waals surface area contributed by atoms with E-state index in [1.165, 1.54) is 0 Å². The number of carbonyl (C=O) groups is 2. The number of aromatic carboxylic acids is 1. The molecule has 1 aromatic rings. The van der Waals surface area contributed by atoms with Crippen molar-refractivity contribution >= 4 is 40.1 Å². The maximum atomic E-state index is 11.9. The largest absolute Gasteiger partial charge is 0.478 e. The fraction of sp³-hybridized carbons (Fsp3) is 0.455. The summed E-state index contributed by atoms with van der Waals surface area (Å²) in [5, 5.41) is 13.8. The summed E-state index contributed by atoms with van der Waals surface area (Å²) in [4.78, 5) is 23.4. The minimum Gasteiger partial charge on any atom is -0.478 e. The van der Waals surface area contributed by atoms with E-state index >= 15 is 0 Å². The van der Waals surface area contributed by atoms with Gasteiger partial charge >= 0.3 is 17.5 Å². The molecule has 1 heterocycles. The molecule has 10 heteroatoms. The lowest BCUT2D eigenvalue weighted by Gasteiger charge is -2.08. The Balaban J connectivity index is 2.56. The van der Waals surface area contributed by atoms with Crippen LogP contribution in [0.4, 0.5) is 23.0 Å². The van der Waals surface area contributed by atoms with Gasteiger partial charge in [-0.15, -0.1) is 11.3 Å². The number of aryl methyl sites for hydroxylation is 1. The topological polar surface area (TPSA) is 78.4 Å². The third-order valence-electron chi connectivity index (χ3n) is 2.48. The van der Waals surface area contributed by atoms with Crippen LogP contribution in [0.5, 0.6) is 0 Å². The highest BCUT2D eigenvalue weighted by atomic mass is 32.2. The Kier molecular flexibility index (Phi) is 5.90. The minimum atomic E-state index is -4.34. The molecule has 5 nitrogen and oxygen atoms in total. The van der Waals surface area contributed by atoms with Crippen LogP contribution in [0.3, 0.4) is 0 Å². The second-order valence-electron chi connectivity index (χ2n) is 3.97. The van der Waals surface area contributed by atoms with Gasteiger partial charge in [0.15, 0.2) is 0 Å². The van der Waals surface area contributed by atoms with Gasteiger partial charge in [-0.25, -0.2) is 9.59 Å². The van der Waals surface area contributed by atoms with Crippen LogP contribution >= 0.6 is 23.1 Å². The molecule has 0 saturated carbocycles. The maximum absolute atomic E-state index is 11.9. The number of hydrogen-bond donors (Lipinski definition) is 3. The van der Waals surface area contributed by atoms with Gasteiger partial charge in [0, 0.05) is 17.2 Å². The number of carbonyl (C=O) groups excluding carboxylic acids is 1. The average molecular weight is 342 g/mol. The third-order valence-corrected chi connectivity index (χ3v) is 4.34. The smallest absolute Gasteiger partial charge is 0.441 e. The molecule has 0 aliphatic carbocycles. The zero-order valence-electron chi connectivity index (χ0n) is 11.1. The van der Waals surface area contributed by atoms with E-state index in [0.717, 1.165) is 16.2 Å². The van der Waals surface area contributed by atoms with Crippen LogP contribution in [0.2, 0.25) is 0 Å². The molecule has 0 atom stereocenters. The van der Waals surface area contributed by atoms with Crippen molar-refractivity contribution in [3.63, 3.8) is 0 Å². The van der Waals surface area contributed by atoms with Crippen molar-refractivity contribution in [1.29, 1.82) is 0 Å². The molecule has 0 fully saturated rings. The summed E-state index contributed by atoms with van der Waals surface area (Å²) in [5.41, 5.74) is -3.79. The summed E-state index contributed by atoms with van der Waals surface area (Å²) in [7, 11) is 0. The van der Waals surface area contributed by atoms with Crippen LogP contribution in [-0.2, 0) is 0 Å². The van der Waals surface area contributed by atoms with Gasteiger partial charge in [0.2, 0.25) is 0 Å². The number of carboxylic acid groups (broad SMARTS) is 1. The number of nitrogens with one attached hydrogen (secondary N) is 2. The first-order chi connectivity index (χ1) is 9.61. The first-order valence-electron chi connectivity index (χ1n) is 5.70. The molecule has 1 aromatic heterocycles. The molecule has 0 aliphatic heterocycles. The molecule has 0 saturated heterocycles. The monoisotopic (exact) mass is 342 g/mol. The third kappa shape index (κ3) is 5.46. The van der Waals surface area contributed by atoms with E-state index in [-0.39, 0.29) is 34.6 Å². The molecule has 2 amide bonds. The van der Waals surface area contributed by atoms with E-state index in [9.17, 15) is 22.8 Å². The number of carboxylic acids is 1. The quantitative estimate of drug-likeness (QED) is 0.716. The van der Waals surface area contributed by atoms with Crippen molar-refractivity contribution in [2.24, 2.45) is 0 Å². The average Bonchev–Trinajstić information content (AvgIpc) is 2.59. The van der Waals surface area contributed by atoms with Crippen LogP contribution in [0, 0.1) is 13.8 Å². The van der Waals surface area contributed by atoms with E-state index in [1.807, 2.05) is 0 Å². The lowest BCUT2D eigenvalue weighted by atomic mass is 10.1. The first kappa shape index (κ1) is 17.6. The summed E-state index contributed by atoms with van der Waals surface area (Å²) >= 11 is 0.866. The maximum Gasteiger partial charge on any atom is 0.441 e. The van der Waals surface area contributed by atoms with Gasteiger partial charge in [-0.3, -0.25) is 5.32 Å². The Hall–Kier alpha value is -1.42. The van der Waals surface area contributed by atoms with Gasteiger partial charge in [0.1, 0.15) is 5.00 Å². The number of anilines is 1. The van der Waals surface area contributed by atoms with Crippen molar-refractivity contribution < 1.29 is 27.9 Å². The molecule has 0 bridgehead atoms. The molecule has 0 spiro atoms. The Morgan fingerprint density at radius 3 is 2.48 bits per heavy atom. The van der Waals surface area contributed by atoms with Crippen molar-refractivity contribution in [1.82, 2.24) is 5.32 Å². The number of halogens is 3. The number of thiophene rings is 1. The van der Waals surface area contributed by atoms with Crippen molar-refractivity contribution in [2.45, 2.75) is 19.4 Å². The fourth-order valence-corrected chi connectivity index (χ4v) is 2.93. The number of alkyl halides is 3. The fourth-order valence-electron chi connectivity index (χ4n) is 1.45. The van der Waals surface area contributed by atoms with E-state index in [1.54, 1.807) is 13.8 Å².